The number of hydrogen-bond acceptors (Lipinski definition) is 9. The first-order valence-electron chi connectivity index (χ1n) is 8.85. The standard InChI is InChI=1S/C9H16O2S.C8H16O4S2/c10-9(6-7-12)11-8-4-2-1-3-5-8;1-10-2-3-11-5-8(9)12-4-7(14)6-13/h8,12H,1-7H2;7,13-14H,2-6H2,1H3. The van der Waals surface area contributed by atoms with Gasteiger partial charge in [-0.05, 0) is 25.7 Å². The minimum absolute atomic E-state index is 0.0266. The van der Waals surface area contributed by atoms with E-state index in [1.807, 2.05) is 0 Å². The van der Waals surface area contributed by atoms with Crippen molar-refractivity contribution >= 4 is 49.8 Å². The predicted octanol–water partition coefficient (Wildman–Crippen LogP) is 2.60. The first-order valence-corrected chi connectivity index (χ1v) is 10.6. The third-order valence-electron chi connectivity index (χ3n) is 3.47. The Morgan fingerprint density at radius 1 is 1.08 bits per heavy atom. The molecule has 6 nitrogen and oxygen atoms in total. The molecule has 1 aliphatic rings. The number of ether oxygens (including phenoxy) is 4. The Balaban J connectivity index is 0.000000485. The molecular formula is C17H32O6S3. The van der Waals surface area contributed by atoms with Gasteiger partial charge in [-0.3, -0.25) is 4.79 Å². The van der Waals surface area contributed by atoms with E-state index in [2.05, 4.69) is 37.9 Å². The van der Waals surface area contributed by atoms with Crippen molar-refractivity contribution in [2.75, 3.05) is 45.0 Å². The monoisotopic (exact) mass is 428 g/mol. The van der Waals surface area contributed by atoms with E-state index in [-0.39, 0.29) is 36.5 Å². The van der Waals surface area contributed by atoms with Crippen LogP contribution in [-0.2, 0) is 28.5 Å². The fourth-order valence-corrected chi connectivity index (χ4v) is 2.46. The Kier molecular flexibility index (Phi) is 18.2. The van der Waals surface area contributed by atoms with Gasteiger partial charge in [-0.25, -0.2) is 4.79 Å². The van der Waals surface area contributed by atoms with Crippen molar-refractivity contribution in [3.8, 4) is 0 Å². The fraction of sp³-hybridized carbons (Fsp3) is 0.882. The highest BCUT2D eigenvalue weighted by Gasteiger charge is 2.16. The molecule has 26 heavy (non-hydrogen) atoms. The summed E-state index contributed by atoms with van der Waals surface area (Å²) in [4.78, 5) is 22.0. The largest absolute Gasteiger partial charge is 0.463 e. The summed E-state index contributed by atoms with van der Waals surface area (Å²) in [6, 6.07) is 0. The molecule has 0 amide bonds. The van der Waals surface area contributed by atoms with Gasteiger partial charge in [-0.2, -0.15) is 37.9 Å². The number of carbonyl (C=O) groups is 2. The van der Waals surface area contributed by atoms with E-state index < -0.39 is 0 Å². The normalized spacial score (nSPS) is 15.5. The summed E-state index contributed by atoms with van der Waals surface area (Å²) in [5.74, 6) is 0.686. The molecule has 1 atom stereocenters. The second-order valence-corrected chi connectivity index (χ2v) is 7.33. The van der Waals surface area contributed by atoms with Crippen LogP contribution < -0.4 is 0 Å². The number of hydrogen-bond donors (Lipinski definition) is 3. The minimum atomic E-state index is -0.387. The van der Waals surface area contributed by atoms with Crippen LogP contribution in [0, 0.1) is 0 Å². The van der Waals surface area contributed by atoms with E-state index >= 15 is 0 Å². The molecular weight excluding hydrogens is 396 g/mol. The average Bonchev–Trinajstić information content (AvgIpc) is 2.65. The second kappa shape index (κ2) is 18.3. The van der Waals surface area contributed by atoms with Crippen LogP contribution in [0.3, 0.4) is 0 Å². The van der Waals surface area contributed by atoms with Gasteiger partial charge in [-0.1, -0.05) is 6.42 Å². The maximum Gasteiger partial charge on any atom is 0.332 e. The molecule has 0 heterocycles. The molecule has 0 aromatic heterocycles. The van der Waals surface area contributed by atoms with Crippen molar-refractivity contribution in [3.63, 3.8) is 0 Å². The van der Waals surface area contributed by atoms with Gasteiger partial charge < -0.3 is 18.9 Å². The van der Waals surface area contributed by atoms with Crippen LogP contribution in [-0.4, -0.2) is 68.3 Å². The Labute approximate surface area is 173 Å². The van der Waals surface area contributed by atoms with Crippen molar-refractivity contribution in [1.82, 2.24) is 0 Å². The van der Waals surface area contributed by atoms with E-state index in [9.17, 15) is 9.59 Å². The van der Waals surface area contributed by atoms with Gasteiger partial charge in [0.2, 0.25) is 0 Å². The van der Waals surface area contributed by atoms with Crippen molar-refractivity contribution in [2.45, 2.75) is 49.9 Å². The summed E-state index contributed by atoms with van der Waals surface area (Å²) >= 11 is 12.1. The quantitative estimate of drug-likeness (QED) is 0.267. The van der Waals surface area contributed by atoms with Crippen LogP contribution in [0.15, 0.2) is 0 Å². The maximum atomic E-state index is 11.0. The second-order valence-electron chi connectivity index (χ2n) is 5.79. The molecule has 1 rings (SSSR count). The zero-order valence-corrected chi connectivity index (χ0v) is 18.1. The van der Waals surface area contributed by atoms with Gasteiger partial charge in [0.1, 0.15) is 19.3 Å². The van der Waals surface area contributed by atoms with Gasteiger partial charge >= 0.3 is 11.9 Å². The third-order valence-corrected chi connectivity index (χ3v) is 4.75. The molecule has 1 unspecified atom stereocenters. The highest BCUT2D eigenvalue weighted by Crippen LogP contribution is 2.20. The van der Waals surface area contributed by atoms with Gasteiger partial charge in [0.15, 0.2) is 0 Å². The molecule has 0 aliphatic heterocycles. The molecule has 1 aliphatic carbocycles. The lowest BCUT2D eigenvalue weighted by Gasteiger charge is -2.21. The summed E-state index contributed by atoms with van der Waals surface area (Å²) in [7, 11) is 1.57. The van der Waals surface area contributed by atoms with E-state index in [1.165, 1.54) is 19.3 Å². The SMILES string of the molecule is COCCOCC(=O)OCC(S)CS.O=C(CCS)OC1CCCCC1. The fourth-order valence-electron chi connectivity index (χ4n) is 2.10. The number of carbonyl (C=O) groups excluding carboxylic acids is 2. The molecule has 9 heteroatoms. The van der Waals surface area contributed by atoms with Crippen LogP contribution >= 0.6 is 37.9 Å². The first-order chi connectivity index (χ1) is 12.5. The van der Waals surface area contributed by atoms with Crippen molar-refractivity contribution in [2.24, 2.45) is 0 Å². The van der Waals surface area contributed by atoms with E-state index in [4.69, 9.17) is 18.9 Å². The summed E-state index contributed by atoms with van der Waals surface area (Å²) in [5.41, 5.74) is 0. The minimum Gasteiger partial charge on any atom is -0.463 e. The summed E-state index contributed by atoms with van der Waals surface area (Å²) in [6.45, 7) is 1.08. The van der Waals surface area contributed by atoms with Crippen molar-refractivity contribution in [1.29, 1.82) is 0 Å². The van der Waals surface area contributed by atoms with Crippen molar-refractivity contribution in [3.05, 3.63) is 0 Å². The van der Waals surface area contributed by atoms with Gasteiger partial charge in [0.25, 0.3) is 0 Å². The molecule has 0 bridgehead atoms. The Hall–Kier alpha value is -0.0900. The smallest absolute Gasteiger partial charge is 0.332 e. The Bertz CT molecular complexity index is 364. The number of rotatable bonds is 11. The summed E-state index contributed by atoms with van der Waals surface area (Å²) < 4.78 is 19.8. The molecule has 0 radical (unpaired) electrons. The van der Waals surface area contributed by atoms with Crippen LogP contribution in [0.2, 0.25) is 0 Å². The molecule has 0 aromatic carbocycles. The molecule has 1 fully saturated rings. The lowest BCUT2D eigenvalue weighted by atomic mass is 9.98. The van der Waals surface area contributed by atoms with Gasteiger partial charge in [-0.15, -0.1) is 0 Å². The van der Waals surface area contributed by atoms with Crippen LogP contribution in [0.5, 0.6) is 0 Å². The molecule has 0 saturated heterocycles. The van der Waals surface area contributed by atoms with E-state index in [0.29, 0.717) is 31.1 Å². The van der Waals surface area contributed by atoms with Crippen molar-refractivity contribution < 1.29 is 28.5 Å². The summed E-state index contributed by atoms with van der Waals surface area (Å²) in [6.07, 6.45) is 6.46. The molecule has 154 valence electrons. The molecule has 1 saturated carbocycles. The van der Waals surface area contributed by atoms with Crippen LogP contribution in [0.4, 0.5) is 0 Å². The zero-order chi connectivity index (χ0) is 19.6. The van der Waals surface area contributed by atoms with Crippen LogP contribution in [0.1, 0.15) is 38.5 Å². The maximum absolute atomic E-state index is 11.0. The lowest BCUT2D eigenvalue weighted by molar-refractivity contribution is -0.150. The number of esters is 2. The van der Waals surface area contributed by atoms with Crippen LogP contribution in [0.25, 0.3) is 0 Å². The number of methoxy groups -OCH3 is 1. The average molecular weight is 429 g/mol. The molecule has 0 spiro atoms. The van der Waals surface area contributed by atoms with E-state index in [1.54, 1.807) is 7.11 Å². The topological polar surface area (TPSA) is 71.1 Å². The molecule has 0 N–H and O–H groups in total. The first kappa shape index (κ1) is 25.9. The Morgan fingerprint density at radius 3 is 2.35 bits per heavy atom. The molecule has 0 aromatic rings. The van der Waals surface area contributed by atoms with Gasteiger partial charge in [0, 0.05) is 23.9 Å². The highest BCUT2D eigenvalue weighted by atomic mass is 32.1. The highest BCUT2D eigenvalue weighted by molar-refractivity contribution is 7.84. The number of thiol groups is 3. The Morgan fingerprint density at radius 2 is 1.77 bits per heavy atom. The van der Waals surface area contributed by atoms with E-state index in [0.717, 1.165) is 12.8 Å². The summed E-state index contributed by atoms with van der Waals surface area (Å²) in [5, 5.41) is -0.0266. The van der Waals surface area contributed by atoms with Gasteiger partial charge in [0.05, 0.1) is 19.6 Å². The predicted molar refractivity (Wildman–Crippen MR) is 112 cm³/mol. The third kappa shape index (κ3) is 16.1. The lowest BCUT2D eigenvalue weighted by Crippen LogP contribution is -2.20. The zero-order valence-electron chi connectivity index (χ0n) is 15.4.